The zero-order valence-electron chi connectivity index (χ0n) is 16.8. The van der Waals surface area contributed by atoms with Gasteiger partial charge in [0.1, 0.15) is 0 Å². The van der Waals surface area contributed by atoms with Crippen molar-refractivity contribution in [1.29, 1.82) is 0 Å². The number of likely N-dealkylation sites (tertiary alicyclic amines) is 1. The highest BCUT2D eigenvalue weighted by Crippen LogP contribution is 2.22. The quantitative estimate of drug-likeness (QED) is 0.744. The van der Waals surface area contributed by atoms with Crippen molar-refractivity contribution in [2.24, 2.45) is 11.8 Å². The average Bonchev–Trinajstić information content (AvgIpc) is 3.23. The number of benzene rings is 1. The number of hydrogen-bond donors (Lipinski definition) is 2. The third-order valence-corrected chi connectivity index (χ3v) is 5.70. The lowest BCUT2D eigenvalue weighted by Gasteiger charge is -2.31. The Hall–Kier alpha value is -2.67. The van der Waals surface area contributed by atoms with Gasteiger partial charge >= 0.3 is 0 Å². The molecule has 1 atom stereocenters. The van der Waals surface area contributed by atoms with Crippen LogP contribution in [0.4, 0.5) is 11.4 Å². The Balaban J connectivity index is 1.54. The van der Waals surface area contributed by atoms with E-state index in [0.717, 1.165) is 12.8 Å². The van der Waals surface area contributed by atoms with Crippen molar-refractivity contribution in [3.8, 4) is 0 Å². The second-order valence-corrected chi connectivity index (χ2v) is 8.73. The predicted octanol–water partition coefficient (Wildman–Crippen LogP) is 4.22. The maximum Gasteiger partial charge on any atom is 0.263 e. The maximum atomic E-state index is 12.7. The molecule has 0 unspecified atom stereocenters. The van der Waals surface area contributed by atoms with E-state index in [1.165, 1.54) is 11.3 Å². The molecule has 1 fully saturated rings. The summed E-state index contributed by atoms with van der Waals surface area (Å²) in [6.07, 6.45) is 2.06. The molecule has 1 saturated heterocycles. The third kappa shape index (κ3) is 5.90. The van der Waals surface area contributed by atoms with Gasteiger partial charge in [0.2, 0.25) is 11.8 Å². The van der Waals surface area contributed by atoms with Crippen molar-refractivity contribution in [1.82, 2.24) is 4.90 Å². The number of carbonyl (C=O) groups is 3. The molecule has 6 nitrogen and oxygen atoms in total. The van der Waals surface area contributed by atoms with Crippen LogP contribution in [0.1, 0.15) is 42.8 Å². The zero-order chi connectivity index (χ0) is 20.8. The molecular formula is C22H27N3O3S. The zero-order valence-corrected chi connectivity index (χ0v) is 17.6. The molecule has 0 radical (unpaired) electrons. The van der Waals surface area contributed by atoms with Crippen molar-refractivity contribution in [3.63, 3.8) is 0 Å². The summed E-state index contributed by atoms with van der Waals surface area (Å²) < 4.78 is 0. The fraction of sp³-hybridized carbons (Fsp3) is 0.409. The minimum atomic E-state index is -0.224. The normalized spacial score (nSPS) is 16.5. The van der Waals surface area contributed by atoms with Gasteiger partial charge in [-0.2, -0.15) is 0 Å². The minimum Gasteiger partial charge on any atom is -0.337 e. The maximum absolute atomic E-state index is 12.7. The van der Waals surface area contributed by atoms with E-state index in [4.69, 9.17) is 0 Å². The molecule has 2 N–H and O–H groups in total. The van der Waals surface area contributed by atoms with Crippen LogP contribution in [0.2, 0.25) is 0 Å². The number of nitrogens with zero attached hydrogens (tertiary/aromatic N) is 1. The molecule has 1 aromatic heterocycles. The monoisotopic (exact) mass is 413 g/mol. The Morgan fingerprint density at radius 2 is 1.79 bits per heavy atom. The molecule has 1 aromatic carbocycles. The van der Waals surface area contributed by atoms with Gasteiger partial charge in [-0.15, -0.1) is 11.3 Å². The van der Waals surface area contributed by atoms with Gasteiger partial charge in [0.25, 0.3) is 5.91 Å². The number of amides is 3. The van der Waals surface area contributed by atoms with Crippen LogP contribution in [0.5, 0.6) is 0 Å². The summed E-state index contributed by atoms with van der Waals surface area (Å²) in [5.41, 5.74) is 1.39. The molecule has 0 saturated carbocycles. The van der Waals surface area contributed by atoms with E-state index >= 15 is 0 Å². The van der Waals surface area contributed by atoms with Crippen molar-refractivity contribution >= 4 is 40.4 Å². The van der Waals surface area contributed by atoms with Gasteiger partial charge in [0.05, 0.1) is 10.8 Å². The SMILES string of the molecule is CC(C)CC(=O)Nc1ccc(NC(=O)[C@@H]2CCCN(C(=O)c3cccs3)C2)cc1. The number of piperidine rings is 1. The van der Waals surface area contributed by atoms with E-state index < -0.39 is 0 Å². The Labute approximate surface area is 175 Å². The fourth-order valence-electron chi connectivity index (χ4n) is 3.40. The first-order chi connectivity index (χ1) is 13.9. The molecule has 0 aliphatic carbocycles. The molecule has 0 spiro atoms. The van der Waals surface area contributed by atoms with Crippen molar-refractivity contribution in [2.75, 3.05) is 23.7 Å². The lowest BCUT2D eigenvalue weighted by molar-refractivity contribution is -0.121. The van der Waals surface area contributed by atoms with Crippen LogP contribution in [0.3, 0.4) is 0 Å². The van der Waals surface area contributed by atoms with E-state index in [0.29, 0.717) is 41.7 Å². The van der Waals surface area contributed by atoms with Gasteiger partial charge in [-0.3, -0.25) is 14.4 Å². The van der Waals surface area contributed by atoms with Crippen LogP contribution in [0, 0.1) is 11.8 Å². The molecule has 7 heteroatoms. The van der Waals surface area contributed by atoms with Gasteiger partial charge in [-0.25, -0.2) is 0 Å². The van der Waals surface area contributed by atoms with Crippen molar-refractivity contribution in [2.45, 2.75) is 33.1 Å². The number of carbonyl (C=O) groups excluding carboxylic acids is 3. The third-order valence-electron chi connectivity index (χ3n) is 4.84. The number of anilines is 2. The number of rotatable bonds is 6. The lowest BCUT2D eigenvalue weighted by Crippen LogP contribution is -2.43. The van der Waals surface area contributed by atoms with Crippen molar-refractivity contribution < 1.29 is 14.4 Å². The Morgan fingerprint density at radius 3 is 2.41 bits per heavy atom. The summed E-state index contributed by atoms with van der Waals surface area (Å²) in [5, 5.41) is 7.67. The van der Waals surface area contributed by atoms with Gasteiger partial charge in [-0.05, 0) is 54.5 Å². The Morgan fingerprint density at radius 1 is 1.10 bits per heavy atom. The van der Waals surface area contributed by atoms with E-state index in [2.05, 4.69) is 10.6 Å². The number of thiophene rings is 1. The van der Waals surface area contributed by atoms with E-state index in [1.54, 1.807) is 29.2 Å². The highest BCUT2D eigenvalue weighted by molar-refractivity contribution is 7.12. The Bertz CT molecular complexity index is 847. The highest BCUT2D eigenvalue weighted by atomic mass is 32.1. The average molecular weight is 414 g/mol. The molecule has 3 amide bonds. The summed E-state index contributed by atoms with van der Waals surface area (Å²) in [6, 6.07) is 10.8. The van der Waals surface area contributed by atoms with E-state index in [9.17, 15) is 14.4 Å². The molecular weight excluding hydrogens is 386 g/mol. The molecule has 2 heterocycles. The van der Waals surface area contributed by atoms with Crippen LogP contribution < -0.4 is 10.6 Å². The topological polar surface area (TPSA) is 78.5 Å². The van der Waals surface area contributed by atoms with E-state index in [-0.39, 0.29) is 23.6 Å². The Kier molecular flexibility index (Phi) is 7.04. The lowest BCUT2D eigenvalue weighted by atomic mass is 9.97. The fourth-order valence-corrected chi connectivity index (χ4v) is 4.09. The standard InChI is InChI=1S/C22H27N3O3S/c1-15(2)13-20(26)23-17-7-9-18(10-8-17)24-21(27)16-5-3-11-25(14-16)22(28)19-6-4-12-29-19/h4,6-10,12,15-16H,3,5,11,13-14H2,1-2H3,(H,23,26)(H,24,27)/t16-/m1/s1. The first-order valence-corrected chi connectivity index (χ1v) is 10.8. The van der Waals surface area contributed by atoms with Crippen LogP contribution in [0.15, 0.2) is 41.8 Å². The molecule has 2 aromatic rings. The summed E-state index contributed by atoms with van der Waals surface area (Å²) in [6.45, 7) is 5.12. The molecule has 1 aliphatic heterocycles. The smallest absolute Gasteiger partial charge is 0.263 e. The molecule has 0 bridgehead atoms. The number of hydrogen-bond acceptors (Lipinski definition) is 4. The molecule has 154 valence electrons. The van der Waals surface area contributed by atoms with E-state index in [1.807, 2.05) is 31.4 Å². The molecule has 1 aliphatic rings. The summed E-state index contributed by atoms with van der Waals surface area (Å²) in [5.74, 6) is -0.0212. The van der Waals surface area contributed by atoms with Gasteiger partial charge in [-0.1, -0.05) is 19.9 Å². The van der Waals surface area contributed by atoms with Crippen LogP contribution in [-0.4, -0.2) is 35.7 Å². The summed E-state index contributed by atoms with van der Waals surface area (Å²) in [7, 11) is 0. The van der Waals surface area contributed by atoms with Crippen LogP contribution in [0.25, 0.3) is 0 Å². The van der Waals surface area contributed by atoms with Crippen LogP contribution >= 0.6 is 11.3 Å². The first kappa shape index (κ1) is 21.0. The minimum absolute atomic E-state index is 0.000933. The van der Waals surface area contributed by atoms with Gasteiger partial charge < -0.3 is 15.5 Å². The van der Waals surface area contributed by atoms with Gasteiger partial charge in [0.15, 0.2) is 0 Å². The molecule has 29 heavy (non-hydrogen) atoms. The second kappa shape index (κ2) is 9.69. The summed E-state index contributed by atoms with van der Waals surface area (Å²) in [4.78, 5) is 39.6. The predicted molar refractivity (Wildman–Crippen MR) is 116 cm³/mol. The van der Waals surface area contributed by atoms with Crippen molar-refractivity contribution in [3.05, 3.63) is 46.7 Å². The highest BCUT2D eigenvalue weighted by Gasteiger charge is 2.29. The largest absolute Gasteiger partial charge is 0.337 e. The van der Waals surface area contributed by atoms with Gasteiger partial charge in [0, 0.05) is 30.9 Å². The van der Waals surface area contributed by atoms with Crippen LogP contribution in [-0.2, 0) is 9.59 Å². The summed E-state index contributed by atoms with van der Waals surface area (Å²) >= 11 is 1.42. The first-order valence-electron chi connectivity index (χ1n) is 9.96. The second-order valence-electron chi connectivity index (χ2n) is 7.78. The number of nitrogens with one attached hydrogen (secondary N) is 2. The molecule has 3 rings (SSSR count).